The molecule has 0 saturated heterocycles. The summed E-state index contributed by atoms with van der Waals surface area (Å²) in [6, 6.07) is 9.62. The summed E-state index contributed by atoms with van der Waals surface area (Å²) in [5, 5.41) is -0.330. The number of hydrogen-bond acceptors (Lipinski definition) is 1. The van der Waals surface area contributed by atoms with Crippen molar-refractivity contribution >= 4 is 11.6 Å². The molecule has 1 aromatic heterocycles. The van der Waals surface area contributed by atoms with E-state index < -0.39 is 11.7 Å². The summed E-state index contributed by atoms with van der Waals surface area (Å²) in [4.78, 5) is 4.19. The van der Waals surface area contributed by atoms with Gasteiger partial charge in [0.25, 0.3) is 0 Å². The summed E-state index contributed by atoms with van der Waals surface area (Å²) in [7, 11) is 0. The molecule has 0 N–H and O–H groups in total. The van der Waals surface area contributed by atoms with Gasteiger partial charge in [-0.25, -0.2) is 9.37 Å². The summed E-state index contributed by atoms with van der Waals surface area (Å²) in [6.45, 7) is 0.217. The normalized spacial score (nSPS) is 11.7. The van der Waals surface area contributed by atoms with Gasteiger partial charge in [-0.15, -0.1) is 0 Å². The summed E-state index contributed by atoms with van der Waals surface area (Å²) >= 11 is 5.61. The first-order chi connectivity index (χ1) is 11.3. The van der Waals surface area contributed by atoms with Crippen LogP contribution in [0.25, 0.3) is 11.3 Å². The zero-order chi connectivity index (χ0) is 17.3. The number of benzene rings is 2. The third-order valence-electron chi connectivity index (χ3n) is 3.47. The molecule has 3 aromatic rings. The van der Waals surface area contributed by atoms with E-state index in [2.05, 4.69) is 4.98 Å². The molecule has 0 aliphatic rings. The van der Waals surface area contributed by atoms with Gasteiger partial charge in [-0.05, 0) is 42.0 Å². The van der Waals surface area contributed by atoms with Crippen LogP contribution in [0.15, 0.2) is 55.0 Å². The molecular formula is C17H11ClF4N2. The van der Waals surface area contributed by atoms with E-state index in [-0.39, 0.29) is 17.4 Å². The maximum atomic E-state index is 12.9. The Kier molecular flexibility index (Phi) is 4.32. The highest BCUT2D eigenvalue weighted by molar-refractivity contribution is 6.31. The van der Waals surface area contributed by atoms with Crippen LogP contribution in [0.1, 0.15) is 11.1 Å². The van der Waals surface area contributed by atoms with Gasteiger partial charge >= 0.3 is 6.18 Å². The smallest absolute Gasteiger partial charge is 0.332 e. The van der Waals surface area contributed by atoms with E-state index in [1.165, 1.54) is 30.6 Å². The molecular weight excluding hydrogens is 344 g/mol. The van der Waals surface area contributed by atoms with Crippen LogP contribution in [-0.2, 0) is 12.7 Å². The van der Waals surface area contributed by atoms with Crippen LogP contribution >= 0.6 is 11.6 Å². The molecule has 0 aliphatic heterocycles. The Morgan fingerprint density at radius 1 is 1.04 bits per heavy atom. The summed E-state index contributed by atoms with van der Waals surface area (Å²) in [6.07, 6.45) is -1.29. The van der Waals surface area contributed by atoms with Gasteiger partial charge in [-0.2, -0.15) is 13.2 Å². The summed E-state index contributed by atoms with van der Waals surface area (Å²) in [5.41, 5.74) is 0.928. The minimum atomic E-state index is -4.50. The molecule has 0 spiro atoms. The topological polar surface area (TPSA) is 17.8 Å². The number of aromatic nitrogens is 2. The Bertz CT molecular complexity index is 854. The van der Waals surface area contributed by atoms with Gasteiger partial charge in [-0.1, -0.05) is 17.7 Å². The highest BCUT2D eigenvalue weighted by Gasteiger charge is 2.33. The van der Waals surface area contributed by atoms with Crippen LogP contribution in [-0.4, -0.2) is 9.55 Å². The van der Waals surface area contributed by atoms with Crippen LogP contribution in [0, 0.1) is 5.82 Å². The lowest BCUT2D eigenvalue weighted by molar-refractivity contribution is -0.137. The molecule has 0 fully saturated rings. The lowest BCUT2D eigenvalue weighted by Crippen LogP contribution is -2.07. The molecule has 0 bridgehead atoms. The van der Waals surface area contributed by atoms with Gasteiger partial charge in [0.2, 0.25) is 0 Å². The van der Waals surface area contributed by atoms with Crippen molar-refractivity contribution in [2.24, 2.45) is 0 Å². The Balaban J connectivity index is 1.84. The fourth-order valence-electron chi connectivity index (χ4n) is 2.32. The van der Waals surface area contributed by atoms with Crippen molar-refractivity contribution < 1.29 is 17.6 Å². The van der Waals surface area contributed by atoms with Crippen LogP contribution < -0.4 is 0 Å². The number of hydrogen-bond donors (Lipinski definition) is 0. The van der Waals surface area contributed by atoms with Gasteiger partial charge < -0.3 is 4.57 Å². The minimum Gasteiger partial charge on any atom is -0.332 e. The van der Waals surface area contributed by atoms with Crippen LogP contribution in [0.3, 0.4) is 0 Å². The zero-order valence-electron chi connectivity index (χ0n) is 12.2. The van der Waals surface area contributed by atoms with Gasteiger partial charge in [0.15, 0.2) is 0 Å². The van der Waals surface area contributed by atoms with Gasteiger partial charge in [0, 0.05) is 18.3 Å². The van der Waals surface area contributed by atoms with E-state index in [0.29, 0.717) is 11.3 Å². The molecule has 0 aliphatic carbocycles. The quantitative estimate of drug-likeness (QED) is 0.575. The van der Waals surface area contributed by atoms with Crippen molar-refractivity contribution in [1.82, 2.24) is 9.55 Å². The molecule has 124 valence electrons. The Morgan fingerprint density at radius 2 is 1.75 bits per heavy atom. The average molecular weight is 355 g/mol. The van der Waals surface area contributed by atoms with Crippen LogP contribution in [0.2, 0.25) is 5.02 Å². The second-order valence-corrected chi connectivity index (χ2v) is 5.66. The molecule has 0 unspecified atom stereocenters. The Hall–Kier alpha value is -2.34. The molecule has 2 aromatic carbocycles. The third kappa shape index (κ3) is 3.59. The molecule has 2 nitrogen and oxygen atoms in total. The second kappa shape index (κ2) is 6.28. The molecule has 1 heterocycles. The lowest BCUT2D eigenvalue weighted by atomic mass is 10.1. The fraction of sp³-hybridized carbons (Fsp3) is 0.118. The predicted molar refractivity (Wildman–Crippen MR) is 83.2 cm³/mol. The van der Waals surface area contributed by atoms with E-state index >= 15 is 0 Å². The van der Waals surface area contributed by atoms with E-state index in [9.17, 15) is 17.6 Å². The largest absolute Gasteiger partial charge is 0.417 e. The average Bonchev–Trinajstić information content (AvgIpc) is 2.97. The van der Waals surface area contributed by atoms with Crippen molar-refractivity contribution in [3.63, 3.8) is 0 Å². The van der Waals surface area contributed by atoms with Crippen LogP contribution in [0.5, 0.6) is 0 Å². The molecule has 0 saturated carbocycles. The van der Waals surface area contributed by atoms with E-state index in [4.69, 9.17) is 11.6 Å². The van der Waals surface area contributed by atoms with Crippen molar-refractivity contribution in [1.29, 1.82) is 0 Å². The third-order valence-corrected chi connectivity index (χ3v) is 3.80. The van der Waals surface area contributed by atoms with E-state index in [1.807, 2.05) is 0 Å². The van der Waals surface area contributed by atoms with Crippen molar-refractivity contribution in [3.8, 4) is 11.3 Å². The first-order valence-corrected chi connectivity index (χ1v) is 7.34. The monoisotopic (exact) mass is 354 g/mol. The SMILES string of the molecule is Fc1ccc(-c2cn(Cc3ccc(Cl)c(C(F)(F)F)c3)cn2)cc1. The van der Waals surface area contributed by atoms with E-state index in [1.54, 1.807) is 22.9 Å². The summed E-state index contributed by atoms with van der Waals surface area (Å²) < 4.78 is 53.3. The Morgan fingerprint density at radius 3 is 2.42 bits per heavy atom. The van der Waals surface area contributed by atoms with E-state index in [0.717, 1.165) is 11.6 Å². The second-order valence-electron chi connectivity index (χ2n) is 5.25. The number of halogens is 5. The number of rotatable bonds is 3. The molecule has 0 radical (unpaired) electrons. The fourth-order valence-corrected chi connectivity index (χ4v) is 2.54. The highest BCUT2D eigenvalue weighted by Crippen LogP contribution is 2.35. The number of alkyl halides is 3. The van der Waals surface area contributed by atoms with Gasteiger partial charge in [-0.3, -0.25) is 0 Å². The molecule has 24 heavy (non-hydrogen) atoms. The zero-order valence-corrected chi connectivity index (χ0v) is 12.9. The van der Waals surface area contributed by atoms with Crippen LogP contribution in [0.4, 0.5) is 17.6 Å². The number of nitrogens with zero attached hydrogens (tertiary/aromatic N) is 2. The first-order valence-electron chi connectivity index (χ1n) is 6.96. The molecule has 0 amide bonds. The standard InChI is InChI=1S/C17H11ClF4N2/c18-15-6-1-11(7-14(15)17(20,21)22)8-24-9-16(23-10-24)12-2-4-13(19)5-3-12/h1-7,9-10H,8H2. The minimum absolute atomic E-state index is 0.217. The number of imidazole rings is 1. The molecule has 0 atom stereocenters. The predicted octanol–water partition coefficient (Wildman–Crippen LogP) is 5.41. The molecule has 3 rings (SSSR count). The summed E-state index contributed by atoms with van der Waals surface area (Å²) in [5.74, 6) is -0.348. The van der Waals surface area contributed by atoms with Crippen molar-refractivity contribution in [2.75, 3.05) is 0 Å². The first kappa shape index (κ1) is 16.5. The Labute approximate surface area is 140 Å². The maximum Gasteiger partial charge on any atom is 0.417 e. The van der Waals surface area contributed by atoms with Crippen molar-refractivity contribution in [2.45, 2.75) is 12.7 Å². The highest BCUT2D eigenvalue weighted by atomic mass is 35.5. The van der Waals surface area contributed by atoms with Crippen molar-refractivity contribution in [3.05, 3.63) is 77.0 Å². The lowest BCUT2D eigenvalue weighted by Gasteiger charge is -2.11. The maximum absolute atomic E-state index is 12.9. The van der Waals surface area contributed by atoms with Gasteiger partial charge in [0.1, 0.15) is 5.82 Å². The van der Waals surface area contributed by atoms with Gasteiger partial charge in [0.05, 0.1) is 22.6 Å². The molecule has 7 heteroatoms.